The van der Waals surface area contributed by atoms with Gasteiger partial charge in [-0.05, 0) is 19.4 Å². The Balaban J connectivity index is 2.15. The van der Waals surface area contributed by atoms with E-state index in [4.69, 9.17) is 4.74 Å². The molecule has 0 aromatic heterocycles. The van der Waals surface area contributed by atoms with Gasteiger partial charge in [0.2, 0.25) is 5.91 Å². The van der Waals surface area contributed by atoms with Crippen LogP contribution < -0.4 is 0 Å². The topological polar surface area (TPSA) is 29.5 Å². The third kappa shape index (κ3) is 2.25. The predicted molar refractivity (Wildman–Crippen MR) is 61.9 cm³/mol. The zero-order chi connectivity index (χ0) is 11.6. The first kappa shape index (κ1) is 11.1. The second kappa shape index (κ2) is 4.26. The van der Waals surface area contributed by atoms with E-state index in [1.54, 1.807) is 0 Å². The van der Waals surface area contributed by atoms with Crippen LogP contribution in [0.1, 0.15) is 19.4 Å². The maximum atomic E-state index is 11.8. The highest BCUT2D eigenvalue weighted by molar-refractivity contribution is 5.79. The summed E-state index contributed by atoms with van der Waals surface area (Å²) in [6.45, 7) is 5.54. The minimum Gasteiger partial charge on any atom is -0.369 e. The Morgan fingerprint density at radius 3 is 2.62 bits per heavy atom. The maximum Gasteiger partial charge on any atom is 0.249 e. The molecule has 16 heavy (non-hydrogen) atoms. The van der Waals surface area contributed by atoms with E-state index >= 15 is 0 Å². The number of hydrogen-bond acceptors (Lipinski definition) is 2. The lowest BCUT2D eigenvalue weighted by molar-refractivity contribution is -0.156. The van der Waals surface area contributed by atoms with Crippen LogP contribution in [0.4, 0.5) is 0 Å². The molecule has 1 aromatic rings. The summed E-state index contributed by atoms with van der Waals surface area (Å²) in [5.74, 6) is 0.0695. The molecule has 86 valence electrons. The van der Waals surface area contributed by atoms with Crippen LogP contribution in [-0.2, 0) is 16.1 Å². The van der Waals surface area contributed by atoms with E-state index in [2.05, 4.69) is 0 Å². The molecule has 2 rings (SSSR count). The molecule has 1 aliphatic heterocycles. The van der Waals surface area contributed by atoms with Gasteiger partial charge in [0, 0.05) is 6.54 Å². The highest BCUT2D eigenvalue weighted by Gasteiger charge is 2.35. The molecule has 0 saturated carbocycles. The van der Waals surface area contributed by atoms with Crippen molar-refractivity contribution in [2.24, 2.45) is 0 Å². The molecule has 0 unspecified atom stereocenters. The Bertz CT molecular complexity index is 373. The fraction of sp³-hybridized carbons (Fsp3) is 0.462. The Hall–Kier alpha value is -1.35. The van der Waals surface area contributed by atoms with Gasteiger partial charge < -0.3 is 9.64 Å². The van der Waals surface area contributed by atoms with Crippen LogP contribution in [0, 0.1) is 0 Å². The number of nitrogens with zero attached hydrogens (tertiary/aromatic N) is 1. The summed E-state index contributed by atoms with van der Waals surface area (Å²) in [6.07, 6.45) is 0. The van der Waals surface area contributed by atoms with Crippen molar-refractivity contribution < 1.29 is 9.53 Å². The van der Waals surface area contributed by atoms with Crippen molar-refractivity contribution in [3.63, 3.8) is 0 Å². The number of benzene rings is 1. The number of rotatable bonds is 2. The Labute approximate surface area is 96.0 Å². The normalized spacial score (nSPS) is 19.9. The first-order valence-corrected chi connectivity index (χ1v) is 5.52. The van der Waals surface area contributed by atoms with Crippen molar-refractivity contribution in [2.45, 2.75) is 25.9 Å². The van der Waals surface area contributed by atoms with Crippen molar-refractivity contribution >= 4 is 5.91 Å². The lowest BCUT2D eigenvalue weighted by atomic mass is 10.0. The molecule has 1 aromatic carbocycles. The zero-order valence-electron chi connectivity index (χ0n) is 9.77. The van der Waals surface area contributed by atoms with Crippen molar-refractivity contribution in [3.8, 4) is 0 Å². The lowest BCUT2D eigenvalue weighted by Crippen LogP contribution is -2.55. The summed E-state index contributed by atoms with van der Waals surface area (Å²) in [5.41, 5.74) is 0.941. The number of carbonyl (C=O) groups is 1. The molecule has 0 atom stereocenters. The molecule has 1 saturated heterocycles. The Morgan fingerprint density at radius 2 is 2.00 bits per heavy atom. The van der Waals surface area contributed by atoms with E-state index in [9.17, 15) is 4.79 Å². The molecule has 0 radical (unpaired) electrons. The van der Waals surface area contributed by atoms with Gasteiger partial charge in [-0.2, -0.15) is 0 Å². The molecule has 1 aliphatic rings. The van der Waals surface area contributed by atoms with Gasteiger partial charge in [-0.15, -0.1) is 0 Å². The Kier molecular flexibility index (Phi) is 2.97. The fourth-order valence-corrected chi connectivity index (χ4v) is 1.95. The number of hydrogen-bond donors (Lipinski definition) is 0. The first-order chi connectivity index (χ1) is 7.59. The lowest BCUT2D eigenvalue weighted by Gasteiger charge is -2.42. The highest BCUT2D eigenvalue weighted by Crippen LogP contribution is 2.22. The number of carbonyl (C=O) groups excluding carboxylic acids is 1. The maximum absolute atomic E-state index is 11.8. The van der Waals surface area contributed by atoms with Crippen molar-refractivity contribution in [2.75, 3.05) is 13.2 Å². The average molecular weight is 219 g/mol. The summed E-state index contributed by atoms with van der Waals surface area (Å²) in [7, 11) is 0. The fourth-order valence-electron chi connectivity index (χ4n) is 1.95. The van der Waals surface area contributed by atoms with Crippen LogP contribution in [0.2, 0.25) is 0 Å². The first-order valence-electron chi connectivity index (χ1n) is 5.52. The van der Waals surface area contributed by atoms with Crippen LogP contribution in [0.25, 0.3) is 0 Å². The smallest absolute Gasteiger partial charge is 0.249 e. The van der Waals surface area contributed by atoms with Crippen molar-refractivity contribution in [1.29, 1.82) is 0 Å². The van der Waals surface area contributed by atoms with Gasteiger partial charge in [-0.25, -0.2) is 0 Å². The predicted octanol–water partition coefficient (Wildman–Crippen LogP) is 1.82. The summed E-state index contributed by atoms with van der Waals surface area (Å²) in [4.78, 5) is 13.7. The Morgan fingerprint density at radius 1 is 1.31 bits per heavy atom. The molecule has 0 bridgehead atoms. The summed E-state index contributed by atoms with van der Waals surface area (Å²) in [6, 6.07) is 10.0. The minimum absolute atomic E-state index is 0.0695. The van der Waals surface area contributed by atoms with E-state index in [0.717, 1.165) is 5.56 Å². The molecule has 0 spiro atoms. The molecule has 3 heteroatoms. The van der Waals surface area contributed by atoms with Crippen LogP contribution in [0.5, 0.6) is 0 Å². The van der Waals surface area contributed by atoms with Gasteiger partial charge in [-0.3, -0.25) is 4.79 Å². The molecule has 1 fully saturated rings. The van der Waals surface area contributed by atoms with Gasteiger partial charge >= 0.3 is 0 Å². The molecule has 1 amide bonds. The molecular weight excluding hydrogens is 202 g/mol. The number of ether oxygens (including phenoxy) is 1. The average Bonchev–Trinajstić information content (AvgIpc) is 2.25. The van der Waals surface area contributed by atoms with Crippen molar-refractivity contribution in [3.05, 3.63) is 35.9 Å². The molecule has 1 heterocycles. The SMILES string of the molecule is CC1(C)COCC(=O)N1Cc1ccccc1. The summed E-state index contributed by atoms with van der Waals surface area (Å²) < 4.78 is 5.27. The molecule has 3 nitrogen and oxygen atoms in total. The quantitative estimate of drug-likeness (QED) is 0.759. The standard InChI is InChI=1S/C13H17NO2/c1-13(2)10-16-9-12(15)14(13)8-11-6-4-3-5-7-11/h3-7H,8-10H2,1-2H3. The number of morpholine rings is 1. The minimum atomic E-state index is -0.217. The van der Waals surface area contributed by atoms with E-state index in [1.807, 2.05) is 49.1 Å². The van der Waals surface area contributed by atoms with Crippen LogP contribution in [-0.4, -0.2) is 29.6 Å². The summed E-state index contributed by atoms with van der Waals surface area (Å²) in [5, 5.41) is 0. The third-order valence-corrected chi connectivity index (χ3v) is 2.90. The van der Waals surface area contributed by atoms with Crippen LogP contribution in [0.3, 0.4) is 0 Å². The third-order valence-electron chi connectivity index (χ3n) is 2.90. The number of amides is 1. The van der Waals surface area contributed by atoms with Crippen LogP contribution in [0.15, 0.2) is 30.3 Å². The van der Waals surface area contributed by atoms with Gasteiger partial charge in [0.25, 0.3) is 0 Å². The van der Waals surface area contributed by atoms with E-state index in [-0.39, 0.29) is 18.1 Å². The van der Waals surface area contributed by atoms with E-state index in [0.29, 0.717) is 13.2 Å². The second-order valence-electron chi connectivity index (χ2n) is 4.77. The molecule has 0 N–H and O–H groups in total. The molecular formula is C13H17NO2. The van der Waals surface area contributed by atoms with Gasteiger partial charge in [0.1, 0.15) is 6.61 Å². The van der Waals surface area contributed by atoms with Crippen LogP contribution >= 0.6 is 0 Å². The zero-order valence-corrected chi connectivity index (χ0v) is 9.77. The van der Waals surface area contributed by atoms with Gasteiger partial charge in [0.15, 0.2) is 0 Å². The van der Waals surface area contributed by atoms with E-state index in [1.165, 1.54) is 0 Å². The summed E-state index contributed by atoms with van der Waals surface area (Å²) >= 11 is 0. The second-order valence-corrected chi connectivity index (χ2v) is 4.77. The van der Waals surface area contributed by atoms with Crippen molar-refractivity contribution in [1.82, 2.24) is 4.90 Å². The molecule has 0 aliphatic carbocycles. The monoisotopic (exact) mass is 219 g/mol. The van der Waals surface area contributed by atoms with Gasteiger partial charge in [-0.1, -0.05) is 30.3 Å². The highest BCUT2D eigenvalue weighted by atomic mass is 16.5. The van der Waals surface area contributed by atoms with E-state index < -0.39 is 0 Å². The van der Waals surface area contributed by atoms with Gasteiger partial charge in [0.05, 0.1) is 12.1 Å². The largest absolute Gasteiger partial charge is 0.369 e.